The van der Waals surface area contributed by atoms with Crippen LogP contribution in [-0.2, 0) is 19.1 Å². The van der Waals surface area contributed by atoms with Crippen LogP contribution in [0.1, 0.15) is 41.5 Å². The van der Waals surface area contributed by atoms with Crippen LogP contribution in [0.25, 0.3) is 0 Å². The topological polar surface area (TPSA) is 169 Å². The highest BCUT2D eigenvalue weighted by Crippen LogP contribution is 2.15. The summed E-state index contributed by atoms with van der Waals surface area (Å²) in [5.74, 6) is -1.78. The van der Waals surface area contributed by atoms with Gasteiger partial charge in [0.05, 0.1) is 4.92 Å². The molecule has 0 aromatic heterocycles. The maximum absolute atomic E-state index is 12.3. The van der Waals surface area contributed by atoms with Crippen molar-refractivity contribution in [1.29, 1.82) is 0 Å². The molecule has 12 heteroatoms. The van der Waals surface area contributed by atoms with E-state index in [1.807, 2.05) is 0 Å². The lowest BCUT2D eigenvalue weighted by molar-refractivity contribution is -0.384. The number of hydrogen-bond acceptors (Lipinski definition) is 7. The first-order chi connectivity index (χ1) is 14.7. The third-order valence-corrected chi connectivity index (χ3v) is 3.98. The third-order valence-electron chi connectivity index (χ3n) is 3.98. The van der Waals surface area contributed by atoms with Gasteiger partial charge in [0.2, 0.25) is 17.7 Å². The van der Waals surface area contributed by atoms with Crippen molar-refractivity contribution in [1.82, 2.24) is 16.0 Å². The number of carbonyl (C=O) groups is 4. The number of nitrogens with zero attached hydrogens (tertiary/aromatic N) is 1. The highest BCUT2D eigenvalue weighted by atomic mass is 16.6. The minimum Gasteiger partial charge on any atom is -0.444 e. The quantitative estimate of drug-likeness (QED) is 0.342. The van der Waals surface area contributed by atoms with Crippen molar-refractivity contribution in [2.75, 3.05) is 5.32 Å². The molecule has 12 nitrogen and oxygen atoms in total. The van der Waals surface area contributed by atoms with Crippen LogP contribution in [0.5, 0.6) is 0 Å². The van der Waals surface area contributed by atoms with Crippen molar-refractivity contribution in [2.45, 2.75) is 65.3 Å². The standard InChI is InChI=1S/C20H29N5O7/c1-11(21-17(27)13(3)23-19(29)32-20(4,5)6)16(26)22-12(2)18(28)24-14-7-9-15(10-8-14)25(30)31/h7-13H,1-6H3,(H,21,27)(H,22,26)(H,23,29)(H,24,28)/t11-,12-,13-/m0/s1. The van der Waals surface area contributed by atoms with Crippen LogP contribution in [0.3, 0.4) is 0 Å². The third kappa shape index (κ3) is 8.98. The molecule has 3 atom stereocenters. The monoisotopic (exact) mass is 451 g/mol. The Bertz CT molecular complexity index is 864. The Labute approximate surface area is 185 Å². The van der Waals surface area contributed by atoms with Crippen LogP contribution in [0.15, 0.2) is 24.3 Å². The van der Waals surface area contributed by atoms with Gasteiger partial charge in [-0.3, -0.25) is 24.5 Å². The average Bonchev–Trinajstić information content (AvgIpc) is 2.66. The van der Waals surface area contributed by atoms with E-state index in [9.17, 15) is 29.3 Å². The van der Waals surface area contributed by atoms with Crippen LogP contribution in [0.2, 0.25) is 0 Å². The molecule has 1 rings (SSSR count). The molecule has 0 aliphatic rings. The normalized spacial score (nSPS) is 13.7. The Morgan fingerprint density at radius 2 is 1.28 bits per heavy atom. The molecule has 4 amide bonds. The molecule has 0 saturated heterocycles. The molecule has 32 heavy (non-hydrogen) atoms. The lowest BCUT2D eigenvalue weighted by Gasteiger charge is -2.23. The summed E-state index contributed by atoms with van der Waals surface area (Å²) in [7, 11) is 0. The van der Waals surface area contributed by atoms with Crippen molar-refractivity contribution in [3.05, 3.63) is 34.4 Å². The number of nitro groups is 1. The molecule has 1 aromatic rings. The summed E-state index contributed by atoms with van der Waals surface area (Å²) in [6.07, 6.45) is -0.770. The molecule has 0 heterocycles. The Hall–Kier alpha value is -3.70. The summed E-state index contributed by atoms with van der Waals surface area (Å²) in [6.45, 7) is 9.35. The van der Waals surface area contributed by atoms with E-state index in [0.29, 0.717) is 5.69 Å². The van der Waals surface area contributed by atoms with E-state index in [4.69, 9.17) is 4.74 Å². The smallest absolute Gasteiger partial charge is 0.408 e. The van der Waals surface area contributed by atoms with Gasteiger partial charge in [0.25, 0.3) is 5.69 Å². The number of hydrogen-bond donors (Lipinski definition) is 4. The number of amides is 4. The van der Waals surface area contributed by atoms with Crippen LogP contribution in [-0.4, -0.2) is 52.5 Å². The molecule has 176 valence electrons. The van der Waals surface area contributed by atoms with Gasteiger partial charge in [0.15, 0.2) is 0 Å². The maximum atomic E-state index is 12.3. The number of alkyl carbamates (subject to hydrolysis) is 1. The zero-order valence-corrected chi connectivity index (χ0v) is 18.8. The molecule has 0 radical (unpaired) electrons. The molecule has 4 N–H and O–H groups in total. The number of non-ortho nitro benzene ring substituents is 1. The van der Waals surface area contributed by atoms with Gasteiger partial charge in [-0.15, -0.1) is 0 Å². The maximum Gasteiger partial charge on any atom is 0.408 e. The summed E-state index contributed by atoms with van der Waals surface area (Å²) in [6, 6.07) is 2.32. The Kier molecular flexibility index (Phi) is 9.11. The van der Waals surface area contributed by atoms with E-state index in [1.54, 1.807) is 20.8 Å². The number of ether oxygens (including phenoxy) is 1. The summed E-state index contributed by atoms with van der Waals surface area (Å²) < 4.78 is 5.07. The van der Waals surface area contributed by atoms with Gasteiger partial charge in [-0.1, -0.05) is 0 Å². The Morgan fingerprint density at radius 1 is 0.844 bits per heavy atom. The summed E-state index contributed by atoms with van der Waals surface area (Å²) in [5.41, 5.74) is -0.520. The highest BCUT2D eigenvalue weighted by molar-refractivity contribution is 5.98. The minimum absolute atomic E-state index is 0.121. The second-order valence-corrected chi connectivity index (χ2v) is 8.12. The molecule has 1 aromatic carbocycles. The van der Waals surface area contributed by atoms with E-state index in [-0.39, 0.29) is 5.69 Å². The van der Waals surface area contributed by atoms with Gasteiger partial charge >= 0.3 is 6.09 Å². The van der Waals surface area contributed by atoms with Gasteiger partial charge in [-0.2, -0.15) is 0 Å². The number of nitrogens with one attached hydrogen (secondary N) is 4. The van der Waals surface area contributed by atoms with Crippen LogP contribution >= 0.6 is 0 Å². The van der Waals surface area contributed by atoms with E-state index in [2.05, 4.69) is 21.3 Å². The highest BCUT2D eigenvalue weighted by Gasteiger charge is 2.25. The lowest BCUT2D eigenvalue weighted by Crippen LogP contribution is -2.54. The molecular formula is C20H29N5O7. The second kappa shape index (κ2) is 11.1. The molecule has 0 unspecified atom stereocenters. The van der Waals surface area contributed by atoms with Crippen molar-refractivity contribution < 1.29 is 28.8 Å². The number of anilines is 1. The van der Waals surface area contributed by atoms with E-state index >= 15 is 0 Å². The van der Waals surface area contributed by atoms with Crippen molar-refractivity contribution in [3.8, 4) is 0 Å². The van der Waals surface area contributed by atoms with Crippen molar-refractivity contribution >= 4 is 35.2 Å². The van der Waals surface area contributed by atoms with Crippen molar-refractivity contribution in [3.63, 3.8) is 0 Å². The molecule has 0 bridgehead atoms. The van der Waals surface area contributed by atoms with Gasteiger partial charge in [0.1, 0.15) is 23.7 Å². The van der Waals surface area contributed by atoms with Crippen LogP contribution < -0.4 is 21.3 Å². The lowest BCUT2D eigenvalue weighted by atomic mass is 10.2. The fourth-order valence-electron chi connectivity index (χ4n) is 2.27. The predicted molar refractivity (Wildman–Crippen MR) is 116 cm³/mol. The molecule has 0 spiro atoms. The number of nitro benzene ring substituents is 1. The minimum atomic E-state index is -0.986. The van der Waals surface area contributed by atoms with Crippen molar-refractivity contribution in [2.24, 2.45) is 0 Å². The van der Waals surface area contributed by atoms with Crippen LogP contribution in [0.4, 0.5) is 16.2 Å². The molecule has 0 fully saturated rings. The fraction of sp³-hybridized carbons (Fsp3) is 0.500. The van der Waals surface area contributed by atoms with E-state index in [0.717, 1.165) is 0 Å². The second-order valence-electron chi connectivity index (χ2n) is 8.12. The summed E-state index contributed by atoms with van der Waals surface area (Å²) in [4.78, 5) is 58.6. The molecule has 0 aliphatic carbocycles. The Morgan fingerprint density at radius 3 is 1.72 bits per heavy atom. The first-order valence-electron chi connectivity index (χ1n) is 9.85. The largest absolute Gasteiger partial charge is 0.444 e. The van der Waals surface area contributed by atoms with Gasteiger partial charge < -0.3 is 26.0 Å². The number of carbonyl (C=O) groups excluding carboxylic acids is 4. The van der Waals surface area contributed by atoms with E-state index < -0.39 is 52.5 Å². The number of benzene rings is 1. The first kappa shape index (κ1) is 26.3. The van der Waals surface area contributed by atoms with E-state index in [1.165, 1.54) is 45.0 Å². The zero-order valence-electron chi connectivity index (χ0n) is 18.8. The molecular weight excluding hydrogens is 422 g/mol. The first-order valence-corrected chi connectivity index (χ1v) is 9.85. The van der Waals surface area contributed by atoms with Gasteiger partial charge in [0, 0.05) is 17.8 Å². The molecule has 0 aliphatic heterocycles. The summed E-state index contributed by atoms with van der Waals surface area (Å²) >= 11 is 0. The van der Waals surface area contributed by atoms with Gasteiger partial charge in [-0.05, 0) is 53.7 Å². The zero-order chi connectivity index (χ0) is 24.6. The van der Waals surface area contributed by atoms with Gasteiger partial charge in [-0.25, -0.2) is 4.79 Å². The fourth-order valence-corrected chi connectivity index (χ4v) is 2.27. The number of rotatable bonds is 8. The average molecular weight is 451 g/mol. The molecule has 0 saturated carbocycles. The van der Waals surface area contributed by atoms with Crippen LogP contribution in [0, 0.1) is 10.1 Å². The summed E-state index contributed by atoms with van der Waals surface area (Å²) in [5, 5.41) is 20.5. The Balaban J connectivity index is 2.53. The predicted octanol–water partition coefficient (Wildman–Crippen LogP) is 1.46. The SMILES string of the molecule is C[C@H](NC(=O)OC(C)(C)C)C(=O)N[C@@H](C)C(=O)N[C@@H](C)C(=O)Nc1ccc([N+](=O)[O-])cc1.